The highest BCUT2D eigenvalue weighted by molar-refractivity contribution is 5.93. The number of rotatable bonds is 5. The Morgan fingerprint density at radius 2 is 1.87 bits per heavy atom. The van der Waals surface area contributed by atoms with E-state index in [-0.39, 0.29) is 73.8 Å². The maximum absolute atomic E-state index is 15.5. The molecule has 13 heteroatoms. The quantitative estimate of drug-likeness (QED) is 0.604. The number of carbonyl (C=O) groups is 3. The molecule has 2 aromatic rings. The Labute approximate surface area is 215 Å². The van der Waals surface area contributed by atoms with Crippen molar-refractivity contribution in [1.29, 1.82) is 0 Å². The Bertz CT molecular complexity index is 1480. The number of nitrogens with zero attached hydrogens (tertiary/aromatic N) is 4. The van der Waals surface area contributed by atoms with Gasteiger partial charge in [-0.05, 0) is 31.2 Å². The van der Waals surface area contributed by atoms with Crippen LogP contribution in [0.3, 0.4) is 0 Å². The number of halogens is 2. The fourth-order valence-electron chi connectivity index (χ4n) is 5.39. The number of amides is 2. The maximum atomic E-state index is 15.5. The van der Waals surface area contributed by atoms with Crippen LogP contribution in [0.15, 0.2) is 46.4 Å². The van der Waals surface area contributed by atoms with Crippen LogP contribution in [0, 0.1) is 0 Å². The van der Waals surface area contributed by atoms with Crippen molar-refractivity contribution in [1.82, 2.24) is 24.5 Å². The molecule has 202 valence electrons. The van der Waals surface area contributed by atoms with E-state index in [9.17, 15) is 24.3 Å². The van der Waals surface area contributed by atoms with Gasteiger partial charge in [0, 0.05) is 26.4 Å². The highest BCUT2D eigenvalue weighted by atomic mass is 19.1. The van der Waals surface area contributed by atoms with Crippen LogP contribution in [0.25, 0.3) is 10.9 Å². The molecular weight excluding hydrogens is 504 g/mol. The summed E-state index contributed by atoms with van der Waals surface area (Å²) in [6.07, 6.45) is -0.391. The summed E-state index contributed by atoms with van der Waals surface area (Å²) in [4.78, 5) is 50.7. The van der Waals surface area contributed by atoms with Crippen LogP contribution in [-0.2, 0) is 22.6 Å². The first-order chi connectivity index (χ1) is 18.0. The molecule has 2 amide bonds. The monoisotopic (exact) mass is 531 g/mol. The summed E-state index contributed by atoms with van der Waals surface area (Å²) in [6, 6.07) is 4.31. The number of ether oxygens (including phenoxy) is 1. The second-order valence-corrected chi connectivity index (χ2v) is 9.91. The third-order valence-electron chi connectivity index (χ3n) is 7.26. The van der Waals surface area contributed by atoms with Crippen molar-refractivity contribution in [2.75, 3.05) is 26.2 Å². The zero-order chi connectivity index (χ0) is 27.4. The second-order valence-electron chi connectivity index (χ2n) is 9.91. The van der Waals surface area contributed by atoms with Crippen molar-refractivity contribution in [3.63, 3.8) is 0 Å². The lowest BCUT2D eigenvalue weighted by Gasteiger charge is -2.38. The molecule has 38 heavy (non-hydrogen) atoms. The first-order valence-electron chi connectivity index (χ1n) is 12.2. The summed E-state index contributed by atoms with van der Waals surface area (Å²) in [5.41, 5.74) is -1.32. The number of fused-ring (bicyclic) bond motifs is 3. The van der Waals surface area contributed by atoms with E-state index in [1.54, 1.807) is 22.6 Å². The van der Waals surface area contributed by atoms with Crippen molar-refractivity contribution < 1.29 is 33.0 Å². The summed E-state index contributed by atoms with van der Waals surface area (Å²) in [5.74, 6) is -2.95. The van der Waals surface area contributed by atoms with Crippen molar-refractivity contribution in [2.24, 2.45) is 0 Å². The predicted molar refractivity (Wildman–Crippen MR) is 131 cm³/mol. The van der Waals surface area contributed by atoms with E-state index < -0.39 is 35.4 Å². The number of allylic oxidation sites excluding steroid dienone is 1. The van der Waals surface area contributed by atoms with E-state index in [0.29, 0.717) is 5.52 Å². The number of nitrogens with one attached hydrogen (secondary N) is 1. The number of benzene rings is 1. The van der Waals surface area contributed by atoms with E-state index in [0.717, 1.165) is 0 Å². The molecule has 3 heterocycles. The third kappa shape index (κ3) is 4.31. The minimum absolute atomic E-state index is 0.00518. The van der Waals surface area contributed by atoms with Crippen LogP contribution in [0.4, 0.5) is 13.6 Å². The highest BCUT2D eigenvalue weighted by Gasteiger charge is 2.46. The van der Waals surface area contributed by atoms with Crippen LogP contribution >= 0.6 is 0 Å². The van der Waals surface area contributed by atoms with Crippen LogP contribution in [0.2, 0.25) is 0 Å². The average Bonchev–Trinajstić information content (AvgIpc) is 3.26. The molecule has 2 aliphatic heterocycles. The first-order valence-corrected chi connectivity index (χ1v) is 12.2. The van der Waals surface area contributed by atoms with Gasteiger partial charge in [0.1, 0.15) is 23.5 Å². The van der Waals surface area contributed by atoms with E-state index >= 15 is 8.78 Å². The Morgan fingerprint density at radius 3 is 2.53 bits per heavy atom. The first kappa shape index (κ1) is 25.5. The van der Waals surface area contributed by atoms with E-state index in [2.05, 4.69) is 5.32 Å². The topological polar surface area (TPSA) is 126 Å². The number of carboxylic acid groups (broad SMARTS) is 1. The molecule has 1 aromatic heterocycles. The average molecular weight is 532 g/mol. The van der Waals surface area contributed by atoms with Crippen LogP contribution in [0.5, 0.6) is 0 Å². The van der Waals surface area contributed by atoms with Crippen molar-refractivity contribution >= 4 is 28.9 Å². The summed E-state index contributed by atoms with van der Waals surface area (Å²) in [6.45, 7) is 3.80. The van der Waals surface area contributed by atoms with Gasteiger partial charge in [0.2, 0.25) is 5.91 Å². The molecule has 1 unspecified atom stereocenters. The molecule has 0 radical (unpaired) electrons. The van der Waals surface area contributed by atoms with Gasteiger partial charge in [-0.25, -0.2) is 23.1 Å². The normalized spacial score (nSPS) is 23.7. The van der Waals surface area contributed by atoms with E-state index in [4.69, 9.17) is 4.74 Å². The molecule has 1 aliphatic carbocycles. The van der Waals surface area contributed by atoms with Gasteiger partial charge >= 0.3 is 12.1 Å². The minimum atomic E-state index is -1.30. The van der Waals surface area contributed by atoms with Gasteiger partial charge in [-0.15, -0.1) is 0 Å². The standard InChI is InChI=1S/C25H27F2N5O6/c1-14(33)28-12-16-13-30(24(37)38-16)25(2)10-18(26)21(19(27)11-25)29-5-7-31-20-4-3-15(23(35)36)9-17(20)22(34)32(31)8-6-29/h3-4,9-10,16H,5-8,11-13H2,1-2H3,(H,28,33)(H,35,36)/t16-,25?/m0/s1. The van der Waals surface area contributed by atoms with Crippen LogP contribution in [-0.4, -0.2) is 80.1 Å². The van der Waals surface area contributed by atoms with Gasteiger partial charge in [0.05, 0.1) is 48.2 Å². The number of cyclic esters (lactones) is 1. The molecule has 3 aliphatic rings. The molecule has 0 bridgehead atoms. The maximum Gasteiger partial charge on any atom is 0.411 e. The van der Waals surface area contributed by atoms with Gasteiger partial charge in [-0.1, -0.05) is 0 Å². The number of carboxylic acids is 1. The largest absolute Gasteiger partial charge is 0.478 e. The van der Waals surface area contributed by atoms with E-state index in [1.165, 1.54) is 34.7 Å². The zero-order valence-electron chi connectivity index (χ0n) is 20.9. The molecule has 2 atom stereocenters. The van der Waals surface area contributed by atoms with Crippen LogP contribution in [0.1, 0.15) is 30.6 Å². The molecule has 11 nitrogen and oxygen atoms in total. The molecular formula is C25H27F2N5O6. The number of aromatic carboxylic acids is 1. The lowest BCUT2D eigenvalue weighted by molar-refractivity contribution is -0.119. The van der Waals surface area contributed by atoms with Gasteiger partial charge in [0.15, 0.2) is 0 Å². The Balaban J connectivity index is 1.35. The smallest absolute Gasteiger partial charge is 0.411 e. The summed E-state index contributed by atoms with van der Waals surface area (Å²) in [7, 11) is 0. The van der Waals surface area contributed by atoms with Crippen molar-refractivity contribution in [3.8, 4) is 0 Å². The third-order valence-corrected chi connectivity index (χ3v) is 7.26. The lowest BCUT2D eigenvalue weighted by Crippen LogP contribution is -2.48. The van der Waals surface area contributed by atoms with Gasteiger partial charge in [-0.3, -0.25) is 19.2 Å². The number of hydrogen-bond acceptors (Lipinski definition) is 6. The van der Waals surface area contributed by atoms with Gasteiger partial charge < -0.3 is 20.1 Å². The van der Waals surface area contributed by atoms with Crippen LogP contribution < -0.4 is 10.9 Å². The number of hydrogen-bond donors (Lipinski definition) is 2. The lowest BCUT2D eigenvalue weighted by atomic mass is 9.88. The molecule has 2 N–H and O–H groups in total. The molecule has 1 aromatic carbocycles. The summed E-state index contributed by atoms with van der Waals surface area (Å²) < 4.78 is 39.5. The van der Waals surface area contributed by atoms with Crippen molar-refractivity contribution in [3.05, 3.63) is 57.5 Å². The molecule has 0 spiro atoms. The molecule has 1 saturated heterocycles. The fourth-order valence-corrected chi connectivity index (χ4v) is 5.39. The van der Waals surface area contributed by atoms with Gasteiger partial charge in [-0.2, -0.15) is 0 Å². The van der Waals surface area contributed by atoms with Gasteiger partial charge in [0.25, 0.3) is 5.56 Å². The number of aromatic nitrogens is 2. The number of carbonyl (C=O) groups excluding carboxylic acids is 2. The van der Waals surface area contributed by atoms with Crippen molar-refractivity contribution in [2.45, 2.75) is 45.0 Å². The summed E-state index contributed by atoms with van der Waals surface area (Å²) >= 11 is 0. The Morgan fingerprint density at radius 1 is 1.16 bits per heavy atom. The molecule has 5 rings (SSSR count). The molecule has 1 fully saturated rings. The highest BCUT2D eigenvalue weighted by Crippen LogP contribution is 2.40. The summed E-state index contributed by atoms with van der Waals surface area (Å²) in [5, 5.41) is 12.1. The van der Waals surface area contributed by atoms with E-state index in [1.807, 2.05) is 0 Å². The second kappa shape index (κ2) is 9.30. The zero-order valence-corrected chi connectivity index (χ0v) is 20.9. The molecule has 0 saturated carbocycles. The predicted octanol–water partition coefficient (Wildman–Crippen LogP) is 1.97. The Hall–Kier alpha value is -4.16. The minimum Gasteiger partial charge on any atom is -0.478 e. The SMILES string of the molecule is CC(=O)NC[C@H]1CN(C2(C)C=C(F)C(N3CCn4c(=O)c5cc(C(=O)O)ccc5n4CC3)=C(F)C2)C(=O)O1. The Kier molecular flexibility index (Phi) is 6.24. The fraction of sp³-hybridized carbons (Fsp3) is 0.440.